The van der Waals surface area contributed by atoms with Gasteiger partial charge in [0.1, 0.15) is 0 Å². The maximum Gasteiger partial charge on any atom is 0.0714 e. The van der Waals surface area contributed by atoms with Crippen molar-refractivity contribution in [2.24, 2.45) is 0 Å². The van der Waals surface area contributed by atoms with Gasteiger partial charge in [0.25, 0.3) is 0 Å². The number of aryl methyl sites for hydroxylation is 3. The lowest BCUT2D eigenvalue weighted by atomic mass is 9.67. The third-order valence-corrected chi connectivity index (χ3v) is 14.5. The maximum absolute atomic E-state index is 2.54. The van der Waals surface area contributed by atoms with Crippen LogP contribution in [-0.4, -0.2) is 6.54 Å². The minimum absolute atomic E-state index is 0.497. The summed E-state index contributed by atoms with van der Waals surface area (Å²) < 4.78 is 0. The lowest BCUT2D eigenvalue weighted by Gasteiger charge is -2.36. The van der Waals surface area contributed by atoms with E-state index >= 15 is 0 Å². The number of para-hydroxylation sites is 3. The molecular formula is C65H52N2. The van der Waals surface area contributed by atoms with Crippen LogP contribution in [0.25, 0.3) is 44.8 Å². The smallest absolute Gasteiger partial charge is 0.0714 e. The Morgan fingerprint density at radius 3 is 1.87 bits per heavy atom. The molecule has 12 rings (SSSR count). The average Bonchev–Trinajstić information content (AvgIpc) is 3.68. The molecule has 10 aromatic rings. The molecule has 1 aliphatic heterocycles. The summed E-state index contributed by atoms with van der Waals surface area (Å²) >= 11 is 0. The van der Waals surface area contributed by atoms with Crippen LogP contribution in [-0.2, 0) is 18.3 Å². The van der Waals surface area contributed by atoms with E-state index in [1.54, 1.807) is 0 Å². The fourth-order valence-electron chi connectivity index (χ4n) is 11.3. The Balaban J connectivity index is 0.923. The van der Waals surface area contributed by atoms with Crippen molar-refractivity contribution in [2.75, 3.05) is 16.3 Å². The molecule has 1 heterocycles. The topological polar surface area (TPSA) is 6.48 Å². The second-order valence-corrected chi connectivity index (χ2v) is 18.3. The van der Waals surface area contributed by atoms with Gasteiger partial charge in [0, 0.05) is 35.0 Å². The van der Waals surface area contributed by atoms with Crippen molar-refractivity contribution < 1.29 is 0 Å². The Bertz CT molecular complexity index is 3470. The van der Waals surface area contributed by atoms with Crippen molar-refractivity contribution in [3.05, 3.63) is 268 Å². The molecular weight excluding hydrogens is 809 g/mol. The van der Waals surface area contributed by atoms with Gasteiger partial charge >= 0.3 is 0 Å². The molecule has 0 saturated carbocycles. The van der Waals surface area contributed by atoms with Gasteiger partial charge in [-0.2, -0.15) is 0 Å². The molecule has 10 aromatic carbocycles. The minimum Gasteiger partial charge on any atom is -0.341 e. The predicted octanol–water partition coefficient (Wildman–Crippen LogP) is 17.0. The summed E-state index contributed by atoms with van der Waals surface area (Å²) in [5.41, 5.74) is 19.8. The molecule has 0 spiro atoms. The molecule has 0 atom stereocenters. The second kappa shape index (κ2) is 16.8. The summed E-state index contributed by atoms with van der Waals surface area (Å²) in [6, 6.07) is 81.5. The number of fused-ring (bicyclic) bond motifs is 7. The van der Waals surface area contributed by atoms with E-state index in [0.29, 0.717) is 0 Å². The molecule has 2 nitrogen and oxygen atoms in total. The number of hydrogen-bond donors (Lipinski definition) is 0. The summed E-state index contributed by atoms with van der Waals surface area (Å²) in [4.78, 5) is 4.97. The summed E-state index contributed by atoms with van der Waals surface area (Å²) in [7, 11) is 0. The van der Waals surface area contributed by atoms with Crippen LogP contribution in [0.3, 0.4) is 0 Å². The molecule has 2 heteroatoms. The van der Waals surface area contributed by atoms with E-state index in [2.05, 4.69) is 254 Å². The molecule has 1 aliphatic carbocycles. The number of nitrogens with zero attached hydrogens (tertiary/aromatic N) is 2. The standard InChI is InChI=1S/C65H52N2/c1-3-48-18-11-15-27-64(48)67(62-25-13-10-17-45(62)2)55-35-38-57-51(43-55)33-32-50-41-46(30-36-56(50)57)28-29-47-31-37-58-59-39-34-54(66-40-16-20-49-19-12-14-26-63(49)66)44-61(59)65(60(58)42-47,52-21-6-4-7-22-52)53-23-8-5-9-24-53/h4-15,17-19,21-39,41-44H,3,16,20,40H2,1-2H3/b29-28+. The van der Waals surface area contributed by atoms with Gasteiger partial charge < -0.3 is 9.80 Å². The largest absolute Gasteiger partial charge is 0.341 e. The first-order valence-electron chi connectivity index (χ1n) is 23.9. The van der Waals surface area contributed by atoms with Crippen molar-refractivity contribution >= 4 is 62.1 Å². The molecule has 0 amide bonds. The molecule has 0 aromatic heterocycles. The minimum atomic E-state index is -0.497. The molecule has 2 aliphatic rings. The highest BCUT2D eigenvalue weighted by Gasteiger charge is 2.46. The number of benzene rings is 10. The van der Waals surface area contributed by atoms with Gasteiger partial charge in [-0.3, -0.25) is 0 Å². The van der Waals surface area contributed by atoms with E-state index in [1.807, 2.05) is 0 Å². The molecule has 0 N–H and O–H groups in total. The third kappa shape index (κ3) is 6.86. The molecule has 0 fully saturated rings. The lowest BCUT2D eigenvalue weighted by molar-refractivity contribution is 0.756. The Morgan fingerprint density at radius 2 is 1.12 bits per heavy atom. The van der Waals surface area contributed by atoms with Crippen LogP contribution >= 0.6 is 0 Å². The second-order valence-electron chi connectivity index (χ2n) is 18.3. The number of rotatable bonds is 9. The first-order chi connectivity index (χ1) is 33.1. The first kappa shape index (κ1) is 40.6. The van der Waals surface area contributed by atoms with E-state index in [9.17, 15) is 0 Å². The van der Waals surface area contributed by atoms with Crippen LogP contribution in [0.5, 0.6) is 0 Å². The summed E-state index contributed by atoms with van der Waals surface area (Å²) in [5, 5.41) is 4.98. The fraction of sp³-hybridized carbons (Fsp3) is 0.108. The third-order valence-electron chi connectivity index (χ3n) is 14.5. The maximum atomic E-state index is 2.54. The van der Waals surface area contributed by atoms with Crippen molar-refractivity contribution in [3.63, 3.8) is 0 Å². The van der Waals surface area contributed by atoms with Crippen LogP contribution in [0.2, 0.25) is 0 Å². The normalized spacial score (nSPS) is 13.7. The zero-order chi connectivity index (χ0) is 44.9. The number of anilines is 5. The van der Waals surface area contributed by atoms with E-state index in [-0.39, 0.29) is 0 Å². The van der Waals surface area contributed by atoms with Crippen LogP contribution in [0.15, 0.2) is 218 Å². The molecule has 0 saturated heterocycles. The highest BCUT2D eigenvalue weighted by atomic mass is 15.1. The van der Waals surface area contributed by atoms with Crippen LogP contribution in [0.1, 0.15) is 63.4 Å². The van der Waals surface area contributed by atoms with E-state index in [4.69, 9.17) is 0 Å². The van der Waals surface area contributed by atoms with E-state index < -0.39 is 5.41 Å². The first-order valence-corrected chi connectivity index (χ1v) is 23.9. The Labute approximate surface area is 394 Å². The van der Waals surface area contributed by atoms with Crippen molar-refractivity contribution in [1.29, 1.82) is 0 Å². The van der Waals surface area contributed by atoms with E-state index in [0.717, 1.165) is 31.5 Å². The molecule has 0 bridgehead atoms. The molecule has 67 heavy (non-hydrogen) atoms. The molecule has 0 unspecified atom stereocenters. The Hall–Kier alpha value is -7.94. The fourth-order valence-corrected chi connectivity index (χ4v) is 11.3. The van der Waals surface area contributed by atoms with Gasteiger partial charge in [0.2, 0.25) is 0 Å². The van der Waals surface area contributed by atoms with Crippen LogP contribution < -0.4 is 9.80 Å². The molecule has 322 valence electrons. The van der Waals surface area contributed by atoms with Crippen molar-refractivity contribution in [1.82, 2.24) is 0 Å². The Morgan fingerprint density at radius 1 is 0.522 bits per heavy atom. The summed E-state index contributed by atoms with van der Waals surface area (Å²) in [5.74, 6) is 0. The van der Waals surface area contributed by atoms with Gasteiger partial charge in [-0.05, 0) is 164 Å². The summed E-state index contributed by atoms with van der Waals surface area (Å²) in [6.45, 7) is 5.45. The Kier molecular flexibility index (Phi) is 10.2. The highest BCUT2D eigenvalue weighted by Crippen LogP contribution is 2.57. The van der Waals surface area contributed by atoms with E-state index in [1.165, 1.54) is 105 Å². The monoisotopic (exact) mass is 860 g/mol. The van der Waals surface area contributed by atoms with Gasteiger partial charge in [0.05, 0.1) is 5.41 Å². The predicted molar refractivity (Wildman–Crippen MR) is 285 cm³/mol. The van der Waals surface area contributed by atoms with Gasteiger partial charge in [-0.25, -0.2) is 0 Å². The van der Waals surface area contributed by atoms with Crippen LogP contribution in [0.4, 0.5) is 28.4 Å². The van der Waals surface area contributed by atoms with Gasteiger partial charge in [0.15, 0.2) is 0 Å². The van der Waals surface area contributed by atoms with Crippen molar-refractivity contribution in [2.45, 2.75) is 38.5 Å². The average molecular weight is 861 g/mol. The zero-order valence-electron chi connectivity index (χ0n) is 38.2. The highest BCUT2D eigenvalue weighted by molar-refractivity contribution is 6.09. The zero-order valence-corrected chi connectivity index (χ0v) is 38.2. The van der Waals surface area contributed by atoms with Gasteiger partial charge in [-0.1, -0.05) is 183 Å². The summed E-state index contributed by atoms with van der Waals surface area (Å²) in [6.07, 6.45) is 7.80. The van der Waals surface area contributed by atoms with Gasteiger partial charge in [-0.15, -0.1) is 0 Å². The molecule has 0 radical (unpaired) electrons. The van der Waals surface area contributed by atoms with Crippen LogP contribution in [0, 0.1) is 6.92 Å². The quantitative estimate of drug-likeness (QED) is 0.105. The number of hydrogen-bond acceptors (Lipinski definition) is 2. The SMILES string of the molecule is CCc1ccccc1N(c1ccc2c(ccc3cc(/C=C/c4ccc5c(c4)C(c4ccccc4)(c4ccccc4)c4cc(N6CCCc7ccccc76)ccc4-5)ccc32)c1)c1ccccc1C. The van der Waals surface area contributed by atoms with Crippen molar-refractivity contribution in [3.8, 4) is 11.1 Å². The lowest BCUT2D eigenvalue weighted by Crippen LogP contribution is -2.29.